The summed E-state index contributed by atoms with van der Waals surface area (Å²) in [7, 11) is -2.30. The van der Waals surface area contributed by atoms with E-state index in [9.17, 15) is 13.2 Å². The van der Waals surface area contributed by atoms with Gasteiger partial charge in [-0.3, -0.25) is 9.10 Å². The molecule has 0 aliphatic carbocycles. The van der Waals surface area contributed by atoms with Crippen LogP contribution in [0.3, 0.4) is 0 Å². The predicted octanol–water partition coefficient (Wildman–Crippen LogP) is 5.42. The predicted molar refractivity (Wildman–Crippen MR) is 145 cm³/mol. The van der Waals surface area contributed by atoms with Crippen LogP contribution in [0.5, 0.6) is 11.5 Å². The van der Waals surface area contributed by atoms with Crippen LogP contribution in [0, 0.1) is 6.92 Å². The summed E-state index contributed by atoms with van der Waals surface area (Å²) in [4.78, 5) is 12.6. The highest BCUT2D eigenvalue weighted by molar-refractivity contribution is 7.92. The lowest BCUT2D eigenvalue weighted by molar-refractivity contribution is -0.118. The molecule has 0 unspecified atom stereocenters. The summed E-state index contributed by atoms with van der Waals surface area (Å²) in [5, 5.41) is 2.75. The van der Waals surface area contributed by atoms with Crippen LogP contribution in [0.15, 0.2) is 108 Å². The number of anilines is 2. The molecule has 4 aromatic rings. The van der Waals surface area contributed by atoms with E-state index < -0.39 is 10.0 Å². The first-order valence-corrected chi connectivity index (χ1v) is 13.1. The number of amides is 1. The van der Waals surface area contributed by atoms with Crippen molar-refractivity contribution in [2.75, 3.05) is 23.3 Å². The lowest BCUT2D eigenvalue weighted by atomic mass is 10.2. The van der Waals surface area contributed by atoms with Crippen molar-refractivity contribution < 1.29 is 22.7 Å². The Morgan fingerprint density at radius 3 is 2.16 bits per heavy atom. The number of nitrogens with zero attached hydrogens (tertiary/aromatic N) is 1. The number of benzene rings is 4. The third kappa shape index (κ3) is 6.48. The molecule has 0 aliphatic heterocycles. The Morgan fingerprint density at radius 2 is 1.49 bits per heavy atom. The summed E-state index contributed by atoms with van der Waals surface area (Å²) in [6.45, 7) is 1.86. The van der Waals surface area contributed by atoms with Crippen molar-refractivity contribution in [3.8, 4) is 11.5 Å². The van der Waals surface area contributed by atoms with Gasteiger partial charge < -0.3 is 14.8 Å². The Balaban J connectivity index is 1.51. The summed E-state index contributed by atoms with van der Waals surface area (Å²) in [6.07, 6.45) is 0. The molecule has 190 valence electrons. The number of ether oxygens (including phenoxy) is 2. The van der Waals surface area contributed by atoms with Gasteiger partial charge in [-0.1, -0.05) is 60.2 Å². The zero-order chi connectivity index (χ0) is 26.3. The molecule has 0 spiro atoms. The normalized spacial score (nSPS) is 11.0. The topological polar surface area (TPSA) is 84.9 Å². The summed E-state index contributed by atoms with van der Waals surface area (Å²) in [6, 6.07) is 29.9. The number of para-hydroxylation sites is 2. The zero-order valence-electron chi connectivity index (χ0n) is 20.6. The number of nitrogens with one attached hydrogen (secondary N) is 1. The minimum atomic E-state index is -3.83. The van der Waals surface area contributed by atoms with Gasteiger partial charge in [0.15, 0.2) is 6.61 Å². The van der Waals surface area contributed by atoms with Crippen LogP contribution in [0.25, 0.3) is 0 Å². The van der Waals surface area contributed by atoms with Crippen molar-refractivity contribution in [3.63, 3.8) is 0 Å². The van der Waals surface area contributed by atoms with Gasteiger partial charge in [-0.05, 0) is 61.0 Å². The van der Waals surface area contributed by atoms with E-state index in [-0.39, 0.29) is 24.0 Å². The maximum Gasteiger partial charge on any atom is 0.264 e. The molecule has 7 nitrogen and oxygen atoms in total. The minimum Gasteiger partial charge on any atom is -0.495 e. The standard InChI is InChI=1S/C29H28N2O5S/c1-22-12-18-26(19-13-22)37(33,34)31(20-23-8-4-3-5-9-23)24-14-16-25(17-15-24)36-21-29(32)30-27-10-6-7-11-28(27)35-2/h3-19H,20-21H2,1-2H3,(H,30,32). The Morgan fingerprint density at radius 1 is 0.838 bits per heavy atom. The monoisotopic (exact) mass is 516 g/mol. The largest absolute Gasteiger partial charge is 0.495 e. The fourth-order valence-electron chi connectivity index (χ4n) is 3.69. The van der Waals surface area contributed by atoms with Crippen molar-refractivity contribution in [3.05, 3.63) is 114 Å². The third-order valence-electron chi connectivity index (χ3n) is 5.65. The van der Waals surface area contributed by atoms with Gasteiger partial charge >= 0.3 is 0 Å². The quantitative estimate of drug-likeness (QED) is 0.304. The van der Waals surface area contributed by atoms with Crippen molar-refractivity contribution in [2.24, 2.45) is 0 Å². The van der Waals surface area contributed by atoms with Gasteiger partial charge in [0.25, 0.3) is 15.9 Å². The summed E-state index contributed by atoms with van der Waals surface area (Å²) in [5.74, 6) is 0.640. The second-order valence-corrected chi connectivity index (χ2v) is 10.2. The van der Waals surface area contributed by atoms with Gasteiger partial charge in [0.2, 0.25) is 0 Å². The smallest absolute Gasteiger partial charge is 0.264 e. The van der Waals surface area contributed by atoms with Gasteiger partial charge in [-0.2, -0.15) is 0 Å². The lowest BCUT2D eigenvalue weighted by Crippen LogP contribution is -2.30. The van der Waals surface area contributed by atoms with Crippen molar-refractivity contribution in [2.45, 2.75) is 18.4 Å². The Hall–Kier alpha value is -4.30. The Bertz CT molecular complexity index is 1440. The first-order chi connectivity index (χ1) is 17.9. The van der Waals surface area contributed by atoms with Crippen LogP contribution in [-0.4, -0.2) is 28.0 Å². The first kappa shape index (κ1) is 25.8. The van der Waals surface area contributed by atoms with E-state index in [4.69, 9.17) is 9.47 Å². The fourth-order valence-corrected chi connectivity index (χ4v) is 5.15. The summed E-state index contributed by atoms with van der Waals surface area (Å²) < 4.78 is 39.4. The van der Waals surface area contributed by atoms with Crippen molar-refractivity contribution in [1.29, 1.82) is 0 Å². The third-order valence-corrected chi connectivity index (χ3v) is 7.44. The molecule has 0 aliphatic rings. The summed E-state index contributed by atoms with van der Waals surface area (Å²) in [5.41, 5.74) is 2.86. The van der Waals surface area contributed by atoms with Crippen LogP contribution < -0.4 is 19.1 Å². The molecule has 37 heavy (non-hydrogen) atoms. The molecule has 8 heteroatoms. The van der Waals surface area contributed by atoms with Crippen LogP contribution in [0.2, 0.25) is 0 Å². The van der Waals surface area contributed by atoms with Gasteiger partial charge in [-0.25, -0.2) is 8.42 Å². The molecule has 4 aromatic carbocycles. The van der Waals surface area contributed by atoms with E-state index in [1.165, 1.54) is 11.4 Å². The number of hydrogen-bond acceptors (Lipinski definition) is 5. The maximum atomic E-state index is 13.6. The molecular formula is C29H28N2O5S. The number of rotatable bonds is 10. The fraction of sp³-hybridized carbons (Fsp3) is 0.138. The lowest BCUT2D eigenvalue weighted by Gasteiger charge is -2.25. The second-order valence-electron chi connectivity index (χ2n) is 8.34. The Labute approximate surface area is 217 Å². The van der Waals surface area contributed by atoms with E-state index in [1.54, 1.807) is 66.7 Å². The average Bonchev–Trinajstić information content (AvgIpc) is 2.92. The first-order valence-electron chi connectivity index (χ1n) is 11.7. The molecule has 4 rings (SSSR count). The van der Waals surface area contributed by atoms with Crippen LogP contribution >= 0.6 is 0 Å². The van der Waals surface area contributed by atoms with E-state index in [2.05, 4.69) is 5.32 Å². The van der Waals surface area contributed by atoms with Gasteiger partial charge in [-0.15, -0.1) is 0 Å². The van der Waals surface area contributed by atoms with E-state index >= 15 is 0 Å². The van der Waals surface area contributed by atoms with E-state index in [0.717, 1.165) is 11.1 Å². The van der Waals surface area contributed by atoms with Crippen molar-refractivity contribution >= 4 is 27.3 Å². The summed E-state index contributed by atoms with van der Waals surface area (Å²) >= 11 is 0. The number of aryl methyl sites for hydroxylation is 1. The van der Waals surface area contributed by atoms with Crippen molar-refractivity contribution in [1.82, 2.24) is 0 Å². The molecule has 0 fully saturated rings. The molecule has 0 bridgehead atoms. The molecule has 0 atom stereocenters. The SMILES string of the molecule is COc1ccccc1NC(=O)COc1ccc(N(Cc2ccccc2)S(=O)(=O)c2ccc(C)cc2)cc1. The average molecular weight is 517 g/mol. The van der Waals surface area contributed by atoms with E-state index in [1.807, 2.05) is 43.3 Å². The van der Waals surface area contributed by atoms with Crippen LogP contribution in [0.1, 0.15) is 11.1 Å². The maximum absolute atomic E-state index is 13.6. The molecule has 0 radical (unpaired) electrons. The van der Waals surface area contributed by atoms with Crippen LogP contribution in [-0.2, 0) is 21.4 Å². The van der Waals surface area contributed by atoms with Gasteiger partial charge in [0, 0.05) is 0 Å². The zero-order valence-corrected chi connectivity index (χ0v) is 21.4. The number of carbonyl (C=O) groups is 1. The Kier molecular flexibility index (Phi) is 8.10. The molecular weight excluding hydrogens is 488 g/mol. The molecule has 0 saturated heterocycles. The highest BCUT2D eigenvalue weighted by Gasteiger charge is 2.25. The highest BCUT2D eigenvalue weighted by Crippen LogP contribution is 2.28. The molecule has 1 N–H and O–H groups in total. The number of hydrogen-bond donors (Lipinski definition) is 1. The molecule has 1 amide bonds. The highest BCUT2D eigenvalue weighted by atomic mass is 32.2. The number of methoxy groups -OCH3 is 1. The molecule has 0 saturated carbocycles. The number of carbonyl (C=O) groups excluding carboxylic acids is 1. The minimum absolute atomic E-state index is 0.165. The van der Waals surface area contributed by atoms with Crippen LogP contribution in [0.4, 0.5) is 11.4 Å². The van der Waals surface area contributed by atoms with Gasteiger partial charge in [0.05, 0.1) is 29.9 Å². The number of sulfonamides is 1. The molecule has 0 heterocycles. The molecule has 0 aromatic heterocycles. The van der Waals surface area contributed by atoms with E-state index in [0.29, 0.717) is 22.9 Å². The van der Waals surface area contributed by atoms with Gasteiger partial charge in [0.1, 0.15) is 11.5 Å². The second kappa shape index (κ2) is 11.6.